The minimum absolute atomic E-state index is 0.0200. The first-order valence-electron chi connectivity index (χ1n) is 11.5. The molecule has 16 heteroatoms. The van der Waals surface area contributed by atoms with Crippen molar-refractivity contribution < 1.29 is 32.3 Å². The van der Waals surface area contributed by atoms with E-state index in [-0.39, 0.29) is 40.5 Å². The number of nitrogens with one attached hydrogen (secondary N) is 2. The molecule has 2 heterocycles. The number of nitrogens with zero attached hydrogens (tertiary/aromatic N) is 4. The Morgan fingerprint density at radius 1 is 1.15 bits per heavy atom. The molecule has 3 aromatic rings. The number of amides is 2. The number of hydrogen-bond donors (Lipinski definition) is 4. The number of esters is 1. The van der Waals surface area contributed by atoms with Crippen molar-refractivity contribution in [2.45, 2.75) is 38.0 Å². The second-order valence-corrected chi connectivity index (χ2v) is 8.25. The number of nitrogens with two attached hydrogens (primary N) is 2. The van der Waals surface area contributed by atoms with Gasteiger partial charge in [0.2, 0.25) is 5.95 Å². The summed E-state index contributed by atoms with van der Waals surface area (Å²) in [6, 6.07) is 3.70. The number of alkyl halides is 3. The van der Waals surface area contributed by atoms with Gasteiger partial charge in [0.25, 0.3) is 11.5 Å². The van der Waals surface area contributed by atoms with E-state index in [2.05, 4.69) is 25.3 Å². The molecule has 0 bridgehead atoms. The van der Waals surface area contributed by atoms with Crippen LogP contribution in [0.25, 0.3) is 11.2 Å². The molecule has 0 aliphatic rings. The fourth-order valence-corrected chi connectivity index (χ4v) is 3.56. The predicted octanol–water partition coefficient (Wildman–Crippen LogP) is 0.791. The molecule has 13 nitrogen and oxygen atoms in total. The smallest absolute Gasteiger partial charge is 0.467 e. The number of benzene rings is 1. The number of ether oxygens (including phenoxy) is 1. The molecule has 1 aromatic carbocycles. The second-order valence-electron chi connectivity index (χ2n) is 8.25. The zero-order chi connectivity index (χ0) is 28.7. The topological polar surface area (TPSA) is 199 Å². The van der Waals surface area contributed by atoms with E-state index in [0.29, 0.717) is 24.3 Å². The average Bonchev–Trinajstić information content (AvgIpc) is 2.90. The molecule has 1 atom stereocenters. The molecule has 39 heavy (non-hydrogen) atoms. The van der Waals surface area contributed by atoms with Gasteiger partial charge in [-0.25, -0.2) is 14.8 Å². The molecule has 2 amide bonds. The molecule has 0 saturated heterocycles. The van der Waals surface area contributed by atoms with Gasteiger partial charge in [-0.05, 0) is 50.1 Å². The zero-order valence-electron chi connectivity index (χ0n) is 20.6. The van der Waals surface area contributed by atoms with Crippen LogP contribution in [-0.4, -0.2) is 63.6 Å². The van der Waals surface area contributed by atoms with Crippen molar-refractivity contribution in [3.05, 3.63) is 52.1 Å². The average molecular weight is 550 g/mol. The number of aromatic amines is 1. The van der Waals surface area contributed by atoms with Gasteiger partial charge in [0.1, 0.15) is 6.04 Å². The lowest BCUT2D eigenvalue weighted by molar-refractivity contribution is -0.170. The minimum atomic E-state index is -5.24. The summed E-state index contributed by atoms with van der Waals surface area (Å²) in [7, 11) is 1.17. The number of halogens is 3. The number of rotatable bonds is 10. The van der Waals surface area contributed by atoms with Crippen LogP contribution in [0.3, 0.4) is 0 Å². The second kappa shape index (κ2) is 12.3. The van der Waals surface area contributed by atoms with Gasteiger partial charge in [-0.3, -0.25) is 24.3 Å². The molecule has 0 spiro atoms. The van der Waals surface area contributed by atoms with E-state index in [0.717, 1.165) is 18.3 Å². The van der Waals surface area contributed by atoms with Gasteiger partial charge < -0.3 is 21.5 Å². The van der Waals surface area contributed by atoms with Gasteiger partial charge in [0.15, 0.2) is 11.2 Å². The third-order valence-corrected chi connectivity index (χ3v) is 5.47. The van der Waals surface area contributed by atoms with Gasteiger partial charge in [-0.2, -0.15) is 18.2 Å². The van der Waals surface area contributed by atoms with Crippen LogP contribution < -0.4 is 27.2 Å². The molecule has 208 valence electrons. The maximum absolute atomic E-state index is 13.4. The van der Waals surface area contributed by atoms with Gasteiger partial charge in [0.05, 0.1) is 25.5 Å². The molecule has 0 aliphatic heterocycles. The summed E-state index contributed by atoms with van der Waals surface area (Å²) in [4.78, 5) is 63.3. The van der Waals surface area contributed by atoms with Crippen LogP contribution in [0.2, 0.25) is 0 Å². The Bertz CT molecular complexity index is 1410. The Hall–Kier alpha value is -4.60. The largest absolute Gasteiger partial charge is 0.471 e. The molecular formula is C23H25F3N8O5. The number of carbonyl (C=O) groups is 3. The molecular weight excluding hydrogens is 525 g/mol. The van der Waals surface area contributed by atoms with Crippen LogP contribution in [0.15, 0.2) is 35.3 Å². The molecule has 0 radical (unpaired) electrons. The van der Waals surface area contributed by atoms with Crippen LogP contribution in [0.1, 0.15) is 35.3 Å². The van der Waals surface area contributed by atoms with E-state index in [4.69, 9.17) is 16.2 Å². The molecule has 0 saturated carbocycles. The number of fused-ring (bicyclic) bond motifs is 1. The first-order chi connectivity index (χ1) is 18.4. The van der Waals surface area contributed by atoms with Crippen molar-refractivity contribution in [3.8, 4) is 0 Å². The summed E-state index contributed by atoms with van der Waals surface area (Å²) in [5, 5.41) is 2.52. The van der Waals surface area contributed by atoms with Crippen molar-refractivity contribution >= 4 is 40.6 Å². The van der Waals surface area contributed by atoms with E-state index in [1.807, 2.05) is 0 Å². The first-order valence-corrected chi connectivity index (χ1v) is 11.5. The fourth-order valence-electron chi connectivity index (χ4n) is 3.56. The fraction of sp³-hybridized carbons (Fsp3) is 0.348. The van der Waals surface area contributed by atoms with Crippen molar-refractivity contribution in [1.82, 2.24) is 25.3 Å². The Morgan fingerprint density at radius 3 is 2.46 bits per heavy atom. The summed E-state index contributed by atoms with van der Waals surface area (Å²) in [5.41, 5.74) is 9.40. The van der Waals surface area contributed by atoms with Crippen LogP contribution in [0.5, 0.6) is 0 Å². The lowest BCUT2D eigenvalue weighted by Gasteiger charge is -2.24. The molecule has 6 N–H and O–H groups in total. The SMILES string of the molecule is COC(=O)[C@H](CCCCN)NC(=O)c1ccc(N(Cc2cnc3nc(N)[nH]c(=O)c3n2)C(=O)C(F)(F)F)cc1. The number of anilines is 2. The number of hydrogen-bond acceptors (Lipinski definition) is 10. The molecule has 0 aliphatic carbocycles. The molecule has 3 rings (SSSR count). The third-order valence-electron chi connectivity index (χ3n) is 5.47. The van der Waals surface area contributed by atoms with Crippen molar-refractivity contribution in [2.75, 3.05) is 24.3 Å². The normalized spacial score (nSPS) is 12.1. The van der Waals surface area contributed by atoms with Crippen LogP contribution >= 0.6 is 0 Å². The number of aromatic nitrogens is 4. The van der Waals surface area contributed by atoms with Crippen LogP contribution in [0.4, 0.5) is 24.8 Å². The van der Waals surface area contributed by atoms with E-state index in [1.54, 1.807) is 0 Å². The van der Waals surface area contributed by atoms with Gasteiger partial charge in [-0.1, -0.05) is 0 Å². The standard InChI is InChI=1S/C23H25F3N8O5/c1-39-20(37)15(4-2-3-9-27)31-18(35)12-5-7-14(8-6-12)34(21(38)23(24,25)26)11-13-10-29-17-16(30-13)19(36)33-22(28)32-17/h5-8,10,15H,2-4,9,11,27H2,1H3,(H,31,35)(H3,28,29,32,33,36)/t15-/m0/s1. The highest BCUT2D eigenvalue weighted by atomic mass is 19.4. The summed E-state index contributed by atoms with van der Waals surface area (Å²) >= 11 is 0. The Morgan fingerprint density at radius 2 is 1.85 bits per heavy atom. The number of nitrogen functional groups attached to an aromatic ring is 1. The van der Waals surface area contributed by atoms with Gasteiger partial charge >= 0.3 is 18.1 Å². The monoisotopic (exact) mass is 550 g/mol. The molecule has 0 fully saturated rings. The summed E-state index contributed by atoms with van der Waals surface area (Å²) in [5.74, 6) is -3.77. The van der Waals surface area contributed by atoms with Gasteiger partial charge in [0, 0.05) is 11.3 Å². The van der Waals surface area contributed by atoms with E-state index in [1.165, 1.54) is 19.2 Å². The number of unbranched alkanes of at least 4 members (excludes halogenated alkanes) is 1. The van der Waals surface area contributed by atoms with Crippen molar-refractivity contribution in [1.29, 1.82) is 0 Å². The first kappa shape index (κ1) is 29.0. The maximum Gasteiger partial charge on any atom is 0.471 e. The predicted molar refractivity (Wildman–Crippen MR) is 132 cm³/mol. The Kier molecular flexibility index (Phi) is 9.13. The third kappa shape index (κ3) is 7.25. The van der Waals surface area contributed by atoms with E-state index < -0.39 is 42.1 Å². The molecule has 0 unspecified atom stereocenters. The zero-order valence-corrected chi connectivity index (χ0v) is 20.6. The lowest BCUT2D eigenvalue weighted by atomic mass is 10.1. The van der Waals surface area contributed by atoms with Gasteiger partial charge in [-0.15, -0.1) is 0 Å². The highest BCUT2D eigenvalue weighted by Crippen LogP contribution is 2.26. The molecule has 2 aromatic heterocycles. The highest BCUT2D eigenvalue weighted by Gasteiger charge is 2.43. The number of H-pyrrole nitrogens is 1. The quantitative estimate of drug-likeness (QED) is 0.207. The van der Waals surface area contributed by atoms with Crippen LogP contribution in [-0.2, 0) is 20.9 Å². The van der Waals surface area contributed by atoms with Crippen LogP contribution in [0, 0.1) is 0 Å². The lowest BCUT2D eigenvalue weighted by Crippen LogP contribution is -2.42. The summed E-state index contributed by atoms with van der Waals surface area (Å²) in [6.07, 6.45) is -2.73. The van der Waals surface area contributed by atoms with Crippen molar-refractivity contribution in [2.24, 2.45) is 5.73 Å². The number of carbonyl (C=O) groups excluding carboxylic acids is 3. The van der Waals surface area contributed by atoms with E-state index in [9.17, 15) is 32.3 Å². The van der Waals surface area contributed by atoms with Crippen molar-refractivity contribution in [3.63, 3.8) is 0 Å². The van der Waals surface area contributed by atoms with E-state index >= 15 is 0 Å². The Balaban J connectivity index is 1.86. The Labute approximate surface area is 218 Å². The maximum atomic E-state index is 13.4. The summed E-state index contributed by atoms with van der Waals surface area (Å²) in [6.45, 7) is -0.300. The number of methoxy groups -OCH3 is 1. The minimum Gasteiger partial charge on any atom is -0.467 e. The summed E-state index contributed by atoms with van der Waals surface area (Å²) < 4.78 is 45.0. The highest BCUT2D eigenvalue weighted by molar-refractivity contribution is 5.99.